The fraction of sp³-hybridized carbons (Fsp3) is 0.462. The Morgan fingerprint density at radius 2 is 2.33 bits per heavy atom. The summed E-state index contributed by atoms with van der Waals surface area (Å²) in [6.07, 6.45) is 6.55. The van der Waals surface area contributed by atoms with Crippen molar-refractivity contribution in [2.24, 2.45) is 7.05 Å². The minimum atomic E-state index is 0.750. The monoisotopic (exact) mass is 325 g/mol. The zero-order chi connectivity index (χ0) is 12.5. The van der Waals surface area contributed by atoms with Gasteiger partial charge in [-0.05, 0) is 45.8 Å². The van der Waals surface area contributed by atoms with Crippen LogP contribution in [0.15, 0.2) is 27.6 Å². The van der Waals surface area contributed by atoms with Gasteiger partial charge in [-0.25, -0.2) is 4.98 Å². The summed E-state index contributed by atoms with van der Waals surface area (Å²) in [6, 6.07) is 2.97. The maximum atomic E-state index is 4.43. The molecule has 5 heteroatoms. The molecule has 3 nitrogen and oxygen atoms in total. The van der Waals surface area contributed by atoms with E-state index >= 15 is 0 Å². The third-order valence-corrected chi connectivity index (χ3v) is 4.89. The third-order valence-electron chi connectivity index (χ3n) is 3.34. The van der Waals surface area contributed by atoms with E-state index in [0.29, 0.717) is 0 Å². The molecular weight excluding hydrogens is 310 g/mol. The molecule has 1 saturated carbocycles. The molecule has 18 heavy (non-hydrogen) atoms. The average molecular weight is 326 g/mol. The van der Waals surface area contributed by atoms with E-state index in [4.69, 9.17) is 0 Å². The molecule has 96 valence electrons. The van der Waals surface area contributed by atoms with Crippen molar-refractivity contribution in [1.82, 2.24) is 14.5 Å². The van der Waals surface area contributed by atoms with E-state index < -0.39 is 0 Å². The molecule has 0 radical (unpaired) electrons. The lowest BCUT2D eigenvalue weighted by atomic mass is 10.3. The maximum absolute atomic E-state index is 4.43. The van der Waals surface area contributed by atoms with E-state index in [1.54, 1.807) is 11.3 Å². The number of thiophene rings is 1. The highest BCUT2D eigenvalue weighted by Gasteiger charge is 2.29. The Morgan fingerprint density at radius 3 is 2.89 bits per heavy atom. The molecule has 1 aliphatic rings. The summed E-state index contributed by atoms with van der Waals surface area (Å²) in [7, 11) is 2.06. The lowest BCUT2D eigenvalue weighted by Gasteiger charge is -2.21. The summed E-state index contributed by atoms with van der Waals surface area (Å²) in [5, 5.41) is 2.23. The maximum Gasteiger partial charge on any atom is 0.122 e. The van der Waals surface area contributed by atoms with Crippen LogP contribution in [0.5, 0.6) is 0 Å². The highest BCUT2D eigenvalue weighted by Crippen LogP contribution is 2.31. The number of aromatic nitrogens is 2. The van der Waals surface area contributed by atoms with Crippen molar-refractivity contribution in [1.29, 1.82) is 0 Å². The molecule has 1 fully saturated rings. The molecule has 3 rings (SSSR count). The average Bonchev–Trinajstić information content (AvgIpc) is 3.00. The molecule has 0 N–H and O–H groups in total. The molecule has 0 aliphatic heterocycles. The van der Waals surface area contributed by atoms with Gasteiger partial charge in [0.1, 0.15) is 5.82 Å². The van der Waals surface area contributed by atoms with Crippen molar-refractivity contribution in [3.8, 4) is 0 Å². The van der Waals surface area contributed by atoms with E-state index in [0.717, 1.165) is 25.0 Å². The van der Waals surface area contributed by atoms with E-state index in [9.17, 15) is 0 Å². The fourth-order valence-electron chi connectivity index (χ4n) is 2.15. The van der Waals surface area contributed by atoms with Gasteiger partial charge in [-0.2, -0.15) is 0 Å². The minimum Gasteiger partial charge on any atom is -0.337 e. The number of hydrogen-bond acceptors (Lipinski definition) is 3. The lowest BCUT2D eigenvalue weighted by Crippen LogP contribution is -2.26. The first-order chi connectivity index (χ1) is 8.72. The van der Waals surface area contributed by atoms with Crippen LogP contribution in [-0.4, -0.2) is 20.5 Å². The Labute approximate surface area is 120 Å². The van der Waals surface area contributed by atoms with Crippen LogP contribution < -0.4 is 0 Å². The number of hydrogen-bond donors (Lipinski definition) is 0. The van der Waals surface area contributed by atoms with E-state index in [2.05, 4.69) is 48.9 Å². The lowest BCUT2D eigenvalue weighted by molar-refractivity contribution is 0.237. The highest BCUT2D eigenvalue weighted by molar-refractivity contribution is 9.11. The predicted octanol–water partition coefficient (Wildman–Crippen LogP) is 3.41. The van der Waals surface area contributed by atoms with Crippen LogP contribution in [0.2, 0.25) is 0 Å². The highest BCUT2D eigenvalue weighted by atomic mass is 79.9. The number of halogens is 1. The van der Waals surface area contributed by atoms with Crippen molar-refractivity contribution in [3.63, 3.8) is 0 Å². The van der Waals surface area contributed by atoms with Gasteiger partial charge in [-0.3, -0.25) is 4.90 Å². The summed E-state index contributed by atoms with van der Waals surface area (Å²) < 4.78 is 3.32. The molecule has 0 bridgehead atoms. The normalized spacial score (nSPS) is 15.5. The Balaban J connectivity index is 1.71. The van der Waals surface area contributed by atoms with Gasteiger partial charge in [0.25, 0.3) is 0 Å². The minimum absolute atomic E-state index is 0.750. The Kier molecular flexibility index (Phi) is 3.54. The first-order valence-electron chi connectivity index (χ1n) is 6.15. The van der Waals surface area contributed by atoms with Gasteiger partial charge >= 0.3 is 0 Å². The van der Waals surface area contributed by atoms with Crippen LogP contribution in [0.4, 0.5) is 0 Å². The van der Waals surface area contributed by atoms with Crippen LogP contribution in [0.25, 0.3) is 0 Å². The number of rotatable bonds is 5. The zero-order valence-electron chi connectivity index (χ0n) is 10.3. The van der Waals surface area contributed by atoms with Gasteiger partial charge in [-0.1, -0.05) is 0 Å². The SMILES string of the molecule is Cn1ccnc1CN(Cc1csc(Br)c1)C1CC1. The fourth-order valence-corrected chi connectivity index (χ4v) is 3.35. The molecule has 1 aliphatic carbocycles. The van der Waals surface area contributed by atoms with Gasteiger partial charge in [0.15, 0.2) is 0 Å². The molecule has 0 saturated heterocycles. The van der Waals surface area contributed by atoms with Crippen LogP contribution in [-0.2, 0) is 20.1 Å². The Hall–Kier alpha value is -0.650. The molecule has 0 atom stereocenters. The molecular formula is C13H16BrN3S. The predicted molar refractivity (Wildman–Crippen MR) is 77.5 cm³/mol. The molecule has 0 spiro atoms. The van der Waals surface area contributed by atoms with Gasteiger partial charge in [0, 0.05) is 32.0 Å². The second kappa shape index (κ2) is 5.15. The number of imidazole rings is 1. The first kappa shape index (κ1) is 12.4. The smallest absolute Gasteiger partial charge is 0.122 e. The van der Waals surface area contributed by atoms with Crippen molar-refractivity contribution in [2.75, 3.05) is 0 Å². The third kappa shape index (κ3) is 2.84. The molecule has 2 heterocycles. The standard InChI is InChI=1S/C13H16BrN3S/c1-16-5-4-15-13(16)8-17(11-2-3-11)7-10-6-12(14)18-9-10/h4-6,9,11H,2-3,7-8H2,1H3. The van der Waals surface area contributed by atoms with Crippen molar-refractivity contribution in [2.45, 2.75) is 32.0 Å². The topological polar surface area (TPSA) is 21.1 Å². The van der Waals surface area contributed by atoms with Crippen LogP contribution in [0.1, 0.15) is 24.2 Å². The Morgan fingerprint density at radius 1 is 1.50 bits per heavy atom. The Bertz CT molecular complexity index is 530. The van der Waals surface area contributed by atoms with E-state index in [1.165, 1.54) is 22.2 Å². The van der Waals surface area contributed by atoms with Gasteiger partial charge in [-0.15, -0.1) is 11.3 Å². The van der Waals surface area contributed by atoms with Crippen LogP contribution in [0.3, 0.4) is 0 Å². The van der Waals surface area contributed by atoms with E-state index in [-0.39, 0.29) is 0 Å². The summed E-state index contributed by atoms with van der Waals surface area (Å²) in [4.78, 5) is 6.97. The van der Waals surface area contributed by atoms with Crippen LogP contribution >= 0.6 is 27.3 Å². The molecule has 2 aromatic rings. The quantitative estimate of drug-likeness (QED) is 0.840. The zero-order valence-corrected chi connectivity index (χ0v) is 12.7. The molecule has 2 aromatic heterocycles. The van der Waals surface area contributed by atoms with Crippen LogP contribution in [0, 0.1) is 0 Å². The summed E-state index contributed by atoms with van der Waals surface area (Å²) >= 11 is 5.29. The molecule has 0 aromatic carbocycles. The van der Waals surface area contributed by atoms with Gasteiger partial charge in [0.05, 0.1) is 10.3 Å². The summed E-state index contributed by atoms with van der Waals surface area (Å²) in [6.45, 7) is 1.97. The molecule has 0 amide bonds. The van der Waals surface area contributed by atoms with Crippen molar-refractivity contribution in [3.05, 3.63) is 39.0 Å². The summed E-state index contributed by atoms with van der Waals surface area (Å²) in [5.74, 6) is 1.15. The summed E-state index contributed by atoms with van der Waals surface area (Å²) in [5.41, 5.74) is 1.40. The second-order valence-electron chi connectivity index (χ2n) is 4.85. The first-order valence-corrected chi connectivity index (χ1v) is 7.83. The number of aryl methyl sites for hydroxylation is 1. The van der Waals surface area contributed by atoms with Crippen molar-refractivity contribution < 1.29 is 0 Å². The van der Waals surface area contributed by atoms with E-state index in [1.807, 2.05) is 12.4 Å². The largest absolute Gasteiger partial charge is 0.337 e. The molecule has 0 unspecified atom stereocenters. The van der Waals surface area contributed by atoms with Gasteiger partial charge in [0.2, 0.25) is 0 Å². The number of nitrogens with zero attached hydrogens (tertiary/aromatic N) is 3. The van der Waals surface area contributed by atoms with Gasteiger partial charge < -0.3 is 4.57 Å². The van der Waals surface area contributed by atoms with Crippen molar-refractivity contribution >= 4 is 27.3 Å². The second-order valence-corrected chi connectivity index (χ2v) is 7.14.